The van der Waals surface area contributed by atoms with E-state index in [2.05, 4.69) is 61.0 Å². The van der Waals surface area contributed by atoms with Crippen LogP contribution in [0.25, 0.3) is 22.6 Å². The Hall–Kier alpha value is -3.16. The zero-order valence-electron chi connectivity index (χ0n) is 22.2. The summed E-state index contributed by atoms with van der Waals surface area (Å²) in [5.41, 5.74) is 4.83. The molecule has 1 N–H and O–H groups in total. The molecule has 2 aromatic heterocycles. The van der Waals surface area contributed by atoms with E-state index in [9.17, 15) is 5.11 Å². The van der Waals surface area contributed by atoms with Gasteiger partial charge in [0.05, 0.1) is 5.39 Å². The van der Waals surface area contributed by atoms with Gasteiger partial charge >= 0.3 is 0 Å². The fourth-order valence-electron chi connectivity index (χ4n) is 5.05. The van der Waals surface area contributed by atoms with Crippen molar-refractivity contribution in [3.63, 3.8) is 0 Å². The van der Waals surface area contributed by atoms with Crippen LogP contribution in [0.5, 0.6) is 5.75 Å². The lowest BCUT2D eigenvalue weighted by atomic mass is 9.88. The van der Waals surface area contributed by atoms with Crippen molar-refractivity contribution in [3.05, 3.63) is 65.0 Å². The van der Waals surface area contributed by atoms with Gasteiger partial charge in [0.25, 0.3) is 5.89 Å². The second-order valence-corrected chi connectivity index (χ2v) is 10.8. The Bertz CT molecular complexity index is 1330. The van der Waals surface area contributed by atoms with Crippen LogP contribution in [-0.2, 0) is 6.42 Å². The Labute approximate surface area is 218 Å². The van der Waals surface area contributed by atoms with Gasteiger partial charge in [-0.3, -0.25) is 0 Å². The van der Waals surface area contributed by atoms with E-state index in [1.54, 1.807) is 0 Å². The van der Waals surface area contributed by atoms with Crippen molar-refractivity contribution in [2.24, 2.45) is 5.92 Å². The van der Waals surface area contributed by atoms with Crippen LogP contribution in [0.4, 0.5) is 0 Å². The number of benzene rings is 2. The molecule has 196 valence electrons. The van der Waals surface area contributed by atoms with Gasteiger partial charge in [-0.2, -0.15) is 0 Å². The molecule has 1 fully saturated rings. The van der Waals surface area contributed by atoms with Crippen LogP contribution >= 0.6 is 0 Å². The third-order valence-corrected chi connectivity index (χ3v) is 7.27. The van der Waals surface area contributed by atoms with Gasteiger partial charge in [-0.25, -0.2) is 0 Å². The number of rotatable bonds is 9. The molecule has 1 saturated heterocycles. The monoisotopic (exact) mass is 503 g/mol. The number of hydrogen-bond donors (Lipinski definition) is 1. The number of hydrogen-bond acceptors (Lipinski definition) is 7. The van der Waals surface area contributed by atoms with Gasteiger partial charge in [0.15, 0.2) is 5.76 Å². The first-order valence-corrected chi connectivity index (χ1v) is 13.3. The number of nitrogens with zero attached hydrogens (tertiary/aromatic N) is 3. The first kappa shape index (κ1) is 25.5. The highest BCUT2D eigenvalue weighted by Gasteiger charge is 2.23. The van der Waals surface area contributed by atoms with E-state index >= 15 is 0 Å². The molecule has 7 nitrogen and oxygen atoms in total. The normalized spacial score (nSPS) is 16.1. The smallest absolute Gasteiger partial charge is 0.283 e. The maximum Gasteiger partial charge on any atom is 0.283 e. The Balaban J connectivity index is 1.16. The van der Waals surface area contributed by atoms with Crippen LogP contribution < -0.4 is 4.74 Å². The van der Waals surface area contributed by atoms with Gasteiger partial charge in [-0.15, -0.1) is 10.2 Å². The van der Waals surface area contributed by atoms with Crippen molar-refractivity contribution in [1.82, 2.24) is 15.1 Å². The second kappa shape index (κ2) is 11.1. The van der Waals surface area contributed by atoms with Crippen molar-refractivity contribution >= 4 is 11.0 Å². The quantitative estimate of drug-likeness (QED) is 0.304. The van der Waals surface area contributed by atoms with Gasteiger partial charge in [0, 0.05) is 19.0 Å². The minimum absolute atomic E-state index is 0.218. The first-order chi connectivity index (χ1) is 17.9. The number of fused-ring (bicyclic) bond motifs is 1. The molecule has 0 unspecified atom stereocenters. The minimum Gasteiger partial charge on any atom is -0.490 e. The molecule has 7 heteroatoms. The molecule has 0 spiro atoms. The number of aliphatic hydroxyl groups excluding tert-OH is 1. The summed E-state index contributed by atoms with van der Waals surface area (Å²) >= 11 is 0. The molecule has 37 heavy (non-hydrogen) atoms. The molecule has 1 aliphatic rings. The topological polar surface area (TPSA) is 84.8 Å². The van der Waals surface area contributed by atoms with Crippen LogP contribution in [0.2, 0.25) is 0 Å². The van der Waals surface area contributed by atoms with Crippen molar-refractivity contribution < 1.29 is 18.7 Å². The minimum atomic E-state index is -0.575. The van der Waals surface area contributed by atoms with E-state index < -0.39 is 6.10 Å². The zero-order chi connectivity index (χ0) is 25.9. The molecular formula is C30H37N3O4. The van der Waals surface area contributed by atoms with E-state index in [0.717, 1.165) is 37.7 Å². The number of ether oxygens (including phenoxy) is 1. The van der Waals surface area contributed by atoms with E-state index in [1.807, 2.05) is 24.3 Å². The first-order valence-electron chi connectivity index (χ1n) is 13.3. The molecule has 5 rings (SSSR count). The van der Waals surface area contributed by atoms with Gasteiger partial charge in [0.1, 0.15) is 24.0 Å². The molecule has 0 aliphatic carbocycles. The summed E-state index contributed by atoms with van der Waals surface area (Å²) in [6.45, 7) is 11.4. The lowest BCUT2D eigenvalue weighted by Gasteiger charge is -2.33. The second-order valence-electron chi connectivity index (χ2n) is 10.8. The van der Waals surface area contributed by atoms with Crippen LogP contribution in [0, 0.1) is 19.8 Å². The van der Waals surface area contributed by atoms with Gasteiger partial charge in [0.2, 0.25) is 5.89 Å². The molecular weight excluding hydrogens is 466 g/mol. The van der Waals surface area contributed by atoms with Gasteiger partial charge in [-0.1, -0.05) is 38.1 Å². The zero-order valence-corrected chi connectivity index (χ0v) is 22.2. The number of β-amino-alcohol motifs (C(OH)–C–C–N with tert-alkyl or cyclic N) is 1. The van der Waals surface area contributed by atoms with Crippen molar-refractivity contribution in [2.45, 2.75) is 59.0 Å². The Kier molecular flexibility index (Phi) is 7.63. The van der Waals surface area contributed by atoms with E-state index in [1.165, 1.54) is 16.7 Å². The lowest BCUT2D eigenvalue weighted by Crippen LogP contribution is -2.40. The SMILES string of the molecule is Cc1ccc(C2CCN(C[C@H](O)COc3cccc4oc(-c5nnc(CC(C)C)o5)cc34)CC2)cc1C. The van der Waals surface area contributed by atoms with E-state index in [4.69, 9.17) is 13.6 Å². The highest BCUT2D eigenvalue weighted by atomic mass is 16.5. The highest BCUT2D eigenvalue weighted by molar-refractivity contribution is 5.87. The summed E-state index contributed by atoms with van der Waals surface area (Å²) in [5, 5.41) is 19.8. The van der Waals surface area contributed by atoms with E-state index in [-0.39, 0.29) is 6.61 Å². The average Bonchev–Trinajstić information content (AvgIpc) is 3.52. The Morgan fingerprint density at radius 2 is 1.84 bits per heavy atom. The summed E-state index contributed by atoms with van der Waals surface area (Å²) in [6.07, 6.45) is 2.38. The molecule has 1 aliphatic heterocycles. The number of aryl methyl sites for hydroxylation is 2. The number of aromatic nitrogens is 2. The Morgan fingerprint density at radius 3 is 2.59 bits per heavy atom. The summed E-state index contributed by atoms with van der Waals surface area (Å²) in [7, 11) is 0. The molecule has 1 atom stereocenters. The fraction of sp³-hybridized carbons (Fsp3) is 0.467. The van der Waals surface area contributed by atoms with Crippen molar-refractivity contribution in [1.29, 1.82) is 0 Å². The maximum absolute atomic E-state index is 10.7. The third-order valence-electron chi connectivity index (χ3n) is 7.27. The average molecular weight is 504 g/mol. The summed E-state index contributed by atoms with van der Waals surface area (Å²) in [5.74, 6) is 3.17. The maximum atomic E-state index is 10.7. The Morgan fingerprint density at radius 1 is 1.03 bits per heavy atom. The van der Waals surface area contributed by atoms with E-state index in [0.29, 0.717) is 47.3 Å². The number of furan rings is 1. The summed E-state index contributed by atoms with van der Waals surface area (Å²) < 4.78 is 17.8. The van der Waals surface area contributed by atoms with Crippen LogP contribution in [-0.4, -0.2) is 52.5 Å². The highest BCUT2D eigenvalue weighted by Crippen LogP contribution is 2.33. The van der Waals surface area contributed by atoms with Crippen LogP contribution in [0.3, 0.4) is 0 Å². The molecule has 4 aromatic rings. The number of aliphatic hydroxyl groups is 1. The fourth-order valence-corrected chi connectivity index (χ4v) is 5.05. The molecule has 3 heterocycles. The molecule has 0 amide bonds. The molecule has 0 saturated carbocycles. The number of likely N-dealkylation sites (tertiary alicyclic amines) is 1. The lowest BCUT2D eigenvalue weighted by molar-refractivity contribution is 0.0599. The largest absolute Gasteiger partial charge is 0.490 e. The molecule has 2 aromatic carbocycles. The molecule has 0 radical (unpaired) electrons. The number of piperidine rings is 1. The van der Waals surface area contributed by atoms with Crippen molar-refractivity contribution in [3.8, 4) is 17.4 Å². The van der Waals surface area contributed by atoms with Crippen LogP contribution in [0.1, 0.15) is 55.2 Å². The van der Waals surface area contributed by atoms with Crippen LogP contribution in [0.15, 0.2) is 51.3 Å². The van der Waals surface area contributed by atoms with Gasteiger partial charge < -0.3 is 23.6 Å². The summed E-state index contributed by atoms with van der Waals surface area (Å²) in [6, 6.07) is 14.4. The summed E-state index contributed by atoms with van der Waals surface area (Å²) in [4.78, 5) is 2.34. The third kappa shape index (κ3) is 6.05. The van der Waals surface area contributed by atoms with Gasteiger partial charge in [-0.05, 0) is 80.4 Å². The van der Waals surface area contributed by atoms with Crippen molar-refractivity contribution in [2.75, 3.05) is 26.2 Å². The molecule has 0 bridgehead atoms. The standard InChI is InChI=1S/C30H37N3O4/c1-19(2)14-29-31-32-30(37-29)28-16-25-26(6-5-7-27(25)36-28)35-18-24(34)17-33-12-10-22(11-13-33)23-9-8-20(3)21(4)15-23/h5-9,15-16,19,22,24,34H,10-14,17-18H2,1-4H3/t24-/m0/s1. The predicted octanol–water partition coefficient (Wildman–Crippen LogP) is 5.92. The predicted molar refractivity (Wildman–Crippen MR) is 144 cm³/mol.